The summed E-state index contributed by atoms with van der Waals surface area (Å²) in [6.07, 6.45) is 7.50. The van der Waals surface area contributed by atoms with E-state index in [0.29, 0.717) is 0 Å². The largest absolute Gasteiger partial charge is 0.0776 e. The lowest BCUT2D eigenvalue weighted by atomic mass is 10.4. The van der Waals surface area contributed by atoms with Gasteiger partial charge in [-0.05, 0) is 0 Å². The van der Waals surface area contributed by atoms with E-state index in [2.05, 4.69) is 0 Å². The predicted octanol–water partition coefficient (Wildman–Crippen LogP) is 2.21. The van der Waals surface area contributed by atoms with Gasteiger partial charge in [-0.15, -0.1) is 0 Å². The smallest absolute Gasteiger partial charge is 0 e. The Bertz CT molecular complexity index is 15.8. The minimum atomic E-state index is 0. The first-order valence-electron chi connectivity index (χ1n) is 2.50. The summed E-state index contributed by atoms with van der Waals surface area (Å²) in [5.74, 6) is 0. The Morgan fingerprint density at radius 3 is 0.857 bits per heavy atom. The third kappa shape index (κ3) is 3.91. The Balaban J connectivity index is 0. The summed E-state index contributed by atoms with van der Waals surface area (Å²) < 4.78 is 0. The average Bonchev–Trinajstić information content (AvgIpc) is 1.76. The quantitative estimate of drug-likeness (QED) is 0.406. The van der Waals surface area contributed by atoms with Crippen LogP contribution in [0.3, 0.4) is 0 Å². The molecule has 1 heteroatoms. The number of hydrogen-bond donors (Lipinski definition) is 0. The lowest BCUT2D eigenvalue weighted by Gasteiger charge is -1.67. The van der Waals surface area contributed by atoms with E-state index >= 15 is 0 Å². The van der Waals surface area contributed by atoms with Gasteiger partial charge in [-0.3, -0.25) is 0 Å². The van der Waals surface area contributed by atoms with Crippen molar-refractivity contribution in [3.05, 3.63) is 0 Å². The topological polar surface area (TPSA) is 0 Å². The predicted molar refractivity (Wildman–Crippen MR) is 35.6 cm³/mol. The maximum atomic E-state index is 1.50. The van der Waals surface area contributed by atoms with Crippen LogP contribution < -0.4 is 0 Å². The van der Waals surface area contributed by atoms with E-state index in [9.17, 15) is 0 Å². The second-order valence-electron chi connectivity index (χ2n) is 1.77. The molecular formula is C6H14B. The third-order valence-electron chi connectivity index (χ3n) is 1.25. The molecule has 0 aromatic rings. The van der Waals surface area contributed by atoms with Crippen LogP contribution in [0.15, 0.2) is 0 Å². The molecule has 0 aromatic carbocycles. The molecule has 0 nitrogen and oxygen atoms in total. The Hall–Kier alpha value is 0.0649. The van der Waals surface area contributed by atoms with E-state index in [1.54, 1.807) is 0 Å². The summed E-state index contributed by atoms with van der Waals surface area (Å²) in [7, 11) is 0. The standard InChI is InChI=1S/C5H10.CH4.B/c1-2-4-5-3-1;;/h1-5H2;1H4;. The van der Waals surface area contributed by atoms with Crippen LogP contribution in [-0.2, 0) is 0 Å². The van der Waals surface area contributed by atoms with E-state index in [0.717, 1.165) is 0 Å². The molecular weight excluding hydrogens is 82.9 g/mol. The first-order chi connectivity index (χ1) is 2.50. The monoisotopic (exact) mass is 97.1 g/mol. The fraction of sp³-hybridized carbons (Fsp3) is 1.00. The zero-order valence-corrected chi connectivity index (χ0v) is 4.11. The van der Waals surface area contributed by atoms with Gasteiger partial charge in [0.05, 0.1) is 0 Å². The van der Waals surface area contributed by atoms with E-state index in [4.69, 9.17) is 0 Å². The van der Waals surface area contributed by atoms with Gasteiger partial charge in [0.15, 0.2) is 0 Å². The van der Waals surface area contributed by atoms with Gasteiger partial charge in [-0.2, -0.15) is 0 Å². The van der Waals surface area contributed by atoms with Crippen molar-refractivity contribution < 1.29 is 0 Å². The highest BCUT2D eigenvalue weighted by Crippen LogP contribution is 2.15. The molecule has 0 spiro atoms. The second-order valence-corrected chi connectivity index (χ2v) is 1.77. The third-order valence-corrected chi connectivity index (χ3v) is 1.25. The van der Waals surface area contributed by atoms with Crippen LogP contribution in [0.1, 0.15) is 39.5 Å². The first kappa shape index (κ1) is 10.1. The molecule has 7 heavy (non-hydrogen) atoms. The molecule has 0 bridgehead atoms. The normalized spacial score (nSPS) is 17.1. The summed E-state index contributed by atoms with van der Waals surface area (Å²) >= 11 is 0. The van der Waals surface area contributed by atoms with Crippen molar-refractivity contribution in [2.45, 2.75) is 39.5 Å². The molecule has 0 atom stereocenters. The minimum Gasteiger partial charge on any atom is -0.0776 e. The van der Waals surface area contributed by atoms with Crippen molar-refractivity contribution in [3.8, 4) is 0 Å². The van der Waals surface area contributed by atoms with Crippen molar-refractivity contribution in [2.75, 3.05) is 0 Å². The van der Waals surface area contributed by atoms with Gasteiger partial charge in [0.1, 0.15) is 0 Å². The van der Waals surface area contributed by atoms with Gasteiger partial charge >= 0.3 is 0 Å². The van der Waals surface area contributed by atoms with Crippen molar-refractivity contribution >= 4 is 8.41 Å². The van der Waals surface area contributed by atoms with Gasteiger partial charge < -0.3 is 0 Å². The average molecular weight is 97.0 g/mol. The van der Waals surface area contributed by atoms with E-state index in [1.807, 2.05) is 0 Å². The van der Waals surface area contributed by atoms with Gasteiger partial charge in [0, 0.05) is 8.41 Å². The van der Waals surface area contributed by atoms with Crippen molar-refractivity contribution in [3.63, 3.8) is 0 Å². The molecule has 0 aliphatic heterocycles. The zero-order valence-electron chi connectivity index (χ0n) is 4.11. The Kier molecular flexibility index (Phi) is 8.78. The maximum absolute atomic E-state index is 1.50. The Morgan fingerprint density at radius 1 is 0.571 bits per heavy atom. The van der Waals surface area contributed by atoms with Crippen LogP contribution in [0.2, 0.25) is 0 Å². The molecule has 1 aliphatic rings. The van der Waals surface area contributed by atoms with E-state index < -0.39 is 0 Å². The summed E-state index contributed by atoms with van der Waals surface area (Å²) in [4.78, 5) is 0. The minimum absolute atomic E-state index is 0. The van der Waals surface area contributed by atoms with Crippen LogP contribution in [-0.4, -0.2) is 8.41 Å². The molecule has 1 rings (SSSR count). The van der Waals surface area contributed by atoms with E-state index in [-0.39, 0.29) is 15.8 Å². The summed E-state index contributed by atoms with van der Waals surface area (Å²) in [6, 6.07) is 0. The van der Waals surface area contributed by atoms with Crippen molar-refractivity contribution in [1.29, 1.82) is 0 Å². The lowest BCUT2D eigenvalue weighted by molar-refractivity contribution is 0.886. The van der Waals surface area contributed by atoms with Crippen molar-refractivity contribution in [1.82, 2.24) is 0 Å². The highest BCUT2D eigenvalue weighted by atomic mass is 14.0. The number of rotatable bonds is 0. The summed E-state index contributed by atoms with van der Waals surface area (Å²) in [5.41, 5.74) is 0. The highest BCUT2D eigenvalue weighted by Gasteiger charge is 1.95. The molecule has 0 amide bonds. The fourth-order valence-electron chi connectivity index (χ4n) is 0.884. The SMILES string of the molecule is C.C1CCCC1.[B]. The maximum Gasteiger partial charge on any atom is 0 e. The fourth-order valence-corrected chi connectivity index (χ4v) is 0.884. The molecule has 1 saturated carbocycles. The Morgan fingerprint density at radius 2 is 0.714 bits per heavy atom. The Labute approximate surface area is 48.9 Å². The lowest BCUT2D eigenvalue weighted by Crippen LogP contribution is -1.47. The van der Waals surface area contributed by atoms with Crippen molar-refractivity contribution in [2.24, 2.45) is 0 Å². The zero-order chi connectivity index (χ0) is 3.54. The summed E-state index contributed by atoms with van der Waals surface area (Å²) in [5, 5.41) is 0. The molecule has 1 aliphatic carbocycles. The highest BCUT2D eigenvalue weighted by molar-refractivity contribution is 5.75. The van der Waals surface area contributed by atoms with Gasteiger partial charge in [0.2, 0.25) is 0 Å². The molecule has 0 N–H and O–H groups in total. The summed E-state index contributed by atoms with van der Waals surface area (Å²) in [6.45, 7) is 0. The van der Waals surface area contributed by atoms with Crippen LogP contribution >= 0.6 is 0 Å². The van der Waals surface area contributed by atoms with E-state index in [1.165, 1.54) is 32.1 Å². The van der Waals surface area contributed by atoms with Gasteiger partial charge in [-0.25, -0.2) is 0 Å². The van der Waals surface area contributed by atoms with Crippen LogP contribution in [0.4, 0.5) is 0 Å². The second kappa shape index (κ2) is 6.06. The van der Waals surface area contributed by atoms with Crippen LogP contribution in [0.5, 0.6) is 0 Å². The van der Waals surface area contributed by atoms with Crippen LogP contribution in [0.25, 0.3) is 0 Å². The molecule has 41 valence electrons. The van der Waals surface area contributed by atoms with Crippen LogP contribution in [0, 0.1) is 0 Å². The molecule has 0 saturated heterocycles. The number of hydrogen-bond acceptors (Lipinski definition) is 0. The molecule has 0 heterocycles. The molecule has 0 unspecified atom stereocenters. The molecule has 1 fully saturated rings. The molecule has 0 aromatic heterocycles. The van der Waals surface area contributed by atoms with Gasteiger partial charge in [0.25, 0.3) is 0 Å². The first-order valence-corrected chi connectivity index (χ1v) is 2.50. The molecule has 3 radical (unpaired) electrons. The van der Waals surface area contributed by atoms with Gasteiger partial charge in [-0.1, -0.05) is 39.5 Å².